The Hall–Kier alpha value is -1.10. The number of nitrogens with zero attached hydrogens (tertiary/aromatic N) is 2. The quantitative estimate of drug-likeness (QED) is 0.720. The predicted octanol–water partition coefficient (Wildman–Crippen LogP) is 3.96. The number of hydrogen-bond donors (Lipinski definition) is 0. The predicted molar refractivity (Wildman–Crippen MR) is 81.7 cm³/mol. The first-order valence-electron chi connectivity index (χ1n) is 10.4. The van der Waals surface area contributed by atoms with E-state index in [1.807, 2.05) is 0 Å². The molecule has 1 unspecified atom stereocenters. The minimum Gasteiger partial charge on any atom is -0.444 e. The SMILES string of the molecule is [2H]C1([2H])N(C(=O)OC(C)(C)C)C([2H])([2H])C([2H])(c2ccc(Br)nc2)C([2H])([2H])C1([2H])[2H]. The van der Waals surface area contributed by atoms with Crippen LogP contribution in [0.4, 0.5) is 4.79 Å². The van der Waals surface area contributed by atoms with Gasteiger partial charge in [-0.1, -0.05) is 6.07 Å². The minimum absolute atomic E-state index is 0.151. The van der Waals surface area contributed by atoms with Crippen molar-refractivity contribution in [2.24, 2.45) is 0 Å². The van der Waals surface area contributed by atoms with Crippen LogP contribution < -0.4 is 0 Å². The zero-order valence-electron chi connectivity index (χ0n) is 20.3. The monoisotopic (exact) mass is 349 g/mol. The molecule has 5 heteroatoms. The molecule has 1 atom stereocenters. The van der Waals surface area contributed by atoms with Gasteiger partial charge in [0.1, 0.15) is 10.2 Å². The molecule has 0 N–H and O–H groups in total. The molecular weight excluding hydrogens is 320 g/mol. The highest BCUT2D eigenvalue weighted by Crippen LogP contribution is 2.27. The van der Waals surface area contributed by atoms with E-state index in [0.29, 0.717) is 4.60 Å². The fourth-order valence-corrected chi connectivity index (χ4v) is 1.61. The zero-order valence-corrected chi connectivity index (χ0v) is 12.9. The number of amides is 1. The molecule has 0 radical (unpaired) electrons. The van der Waals surface area contributed by atoms with Crippen molar-refractivity contribution >= 4 is 22.0 Å². The summed E-state index contributed by atoms with van der Waals surface area (Å²) in [6.07, 6.45) is -7.47. The number of halogens is 1. The number of carbonyl (C=O) groups excluding carboxylic acids is 1. The van der Waals surface area contributed by atoms with Gasteiger partial charge in [-0.25, -0.2) is 9.78 Å². The first-order valence-corrected chi connectivity index (χ1v) is 6.70. The van der Waals surface area contributed by atoms with Crippen LogP contribution >= 0.6 is 15.9 Å². The number of hydrogen-bond acceptors (Lipinski definition) is 3. The average molecular weight is 350 g/mol. The third kappa shape index (κ3) is 4.20. The Morgan fingerprint density at radius 3 is 2.95 bits per heavy atom. The van der Waals surface area contributed by atoms with Crippen molar-refractivity contribution in [1.82, 2.24) is 9.88 Å². The van der Waals surface area contributed by atoms with Crippen LogP contribution in [0.5, 0.6) is 0 Å². The Morgan fingerprint density at radius 2 is 2.35 bits per heavy atom. The molecule has 4 nitrogen and oxygen atoms in total. The number of aromatic nitrogens is 1. The summed E-state index contributed by atoms with van der Waals surface area (Å²) in [6, 6.07) is 2.48. The van der Waals surface area contributed by atoms with E-state index in [9.17, 15) is 4.79 Å². The van der Waals surface area contributed by atoms with Gasteiger partial charge in [0, 0.05) is 34.7 Å². The molecule has 0 aliphatic carbocycles. The Morgan fingerprint density at radius 1 is 1.60 bits per heavy atom. The molecule has 110 valence electrons. The van der Waals surface area contributed by atoms with E-state index in [4.69, 9.17) is 17.1 Å². The van der Waals surface area contributed by atoms with Crippen molar-refractivity contribution in [2.75, 3.05) is 13.0 Å². The fourth-order valence-electron chi connectivity index (χ4n) is 1.37. The number of ether oxygens (including phenoxy) is 1. The summed E-state index contributed by atoms with van der Waals surface area (Å²) in [5.41, 5.74) is -1.54. The van der Waals surface area contributed by atoms with Gasteiger partial charge >= 0.3 is 6.09 Å². The van der Waals surface area contributed by atoms with Crippen molar-refractivity contribution in [2.45, 2.75) is 45.0 Å². The minimum atomic E-state index is -3.49. The maximum absolute atomic E-state index is 12.7. The molecule has 2 rings (SSSR count). The topological polar surface area (TPSA) is 42.4 Å². The van der Waals surface area contributed by atoms with E-state index in [1.165, 1.54) is 32.9 Å². The number of pyridine rings is 1. The van der Waals surface area contributed by atoms with Crippen LogP contribution in [0.15, 0.2) is 22.9 Å². The number of likely N-dealkylation sites (tertiary alicyclic amines) is 1. The molecule has 1 aliphatic heterocycles. The van der Waals surface area contributed by atoms with E-state index < -0.39 is 43.3 Å². The van der Waals surface area contributed by atoms with Crippen LogP contribution in [0, 0.1) is 0 Å². The molecule has 20 heavy (non-hydrogen) atoms. The Bertz CT molecular complexity index is 811. The second-order valence-corrected chi connectivity index (χ2v) is 5.85. The van der Waals surface area contributed by atoms with Gasteiger partial charge in [0.2, 0.25) is 0 Å². The van der Waals surface area contributed by atoms with E-state index in [2.05, 4.69) is 20.9 Å². The van der Waals surface area contributed by atoms with Gasteiger partial charge in [0.25, 0.3) is 0 Å². The highest BCUT2D eigenvalue weighted by molar-refractivity contribution is 9.10. The van der Waals surface area contributed by atoms with Crippen LogP contribution in [0.2, 0.25) is 0 Å². The molecule has 0 bridgehead atoms. The second kappa shape index (κ2) is 6.12. The lowest BCUT2D eigenvalue weighted by Crippen LogP contribution is -2.42. The maximum atomic E-state index is 12.7. The highest BCUT2D eigenvalue weighted by atomic mass is 79.9. The van der Waals surface area contributed by atoms with E-state index in [-0.39, 0.29) is 10.5 Å². The maximum Gasteiger partial charge on any atom is 0.410 e. The molecule has 1 aromatic rings. The van der Waals surface area contributed by atoms with Crippen LogP contribution in [-0.2, 0) is 4.74 Å². The Balaban J connectivity index is 2.84. The third-order valence-electron chi connectivity index (χ3n) is 2.17. The first-order chi connectivity index (χ1) is 12.7. The van der Waals surface area contributed by atoms with Gasteiger partial charge in [0.05, 0.1) is 2.74 Å². The summed E-state index contributed by atoms with van der Waals surface area (Å²) in [7, 11) is 0. The van der Waals surface area contributed by atoms with Crippen LogP contribution in [0.1, 0.15) is 57.3 Å². The number of rotatable bonds is 1. The molecule has 1 aliphatic rings. The van der Waals surface area contributed by atoms with Gasteiger partial charge < -0.3 is 9.64 Å². The van der Waals surface area contributed by atoms with E-state index >= 15 is 0 Å². The summed E-state index contributed by atoms with van der Waals surface area (Å²) in [4.78, 5) is 16.5. The molecule has 1 fully saturated rings. The van der Waals surface area contributed by atoms with Crippen molar-refractivity contribution < 1.29 is 21.9 Å². The van der Waals surface area contributed by atoms with Gasteiger partial charge in [-0.2, -0.15) is 0 Å². The molecule has 0 aromatic carbocycles. The average Bonchev–Trinajstić information content (AvgIpc) is 2.50. The summed E-state index contributed by atoms with van der Waals surface area (Å²) < 4.78 is 80.3. The lowest BCUT2D eigenvalue weighted by atomic mass is 9.92. The fraction of sp³-hybridized carbons (Fsp3) is 0.600. The molecule has 1 saturated heterocycles. The van der Waals surface area contributed by atoms with Crippen molar-refractivity contribution in [3.63, 3.8) is 0 Å². The lowest BCUT2D eigenvalue weighted by molar-refractivity contribution is 0.0198. The van der Waals surface area contributed by atoms with Crippen molar-refractivity contribution in [3.8, 4) is 0 Å². The Labute approximate surface area is 141 Å². The zero-order chi connectivity index (χ0) is 22.8. The largest absolute Gasteiger partial charge is 0.444 e. The van der Waals surface area contributed by atoms with E-state index in [1.54, 1.807) is 0 Å². The normalized spacial score (nSPS) is 40.2. The highest BCUT2D eigenvalue weighted by Gasteiger charge is 2.28. The number of carbonyl (C=O) groups is 1. The van der Waals surface area contributed by atoms with Gasteiger partial charge in [-0.3, -0.25) is 0 Å². The summed E-state index contributed by atoms with van der Waals surface area (Å²) in [5, 5.41) is 0. The molecule has 0 saturated carbocycles. The van der Waals surface area contributed by atoms with Crippen molar-refractivity contribution in [1.29, 1.82) is 0 Å². The summed E-state index contributed by atoms with van der Waals surface area (Å²) in [6.45, 7) is -2.46. The Kier molecular flexibility index (Phi) is 2.22. The molecule has 0 spiro atoms. The second-order valence-electron chi connectivity index (χ2n) is 5.03. The van der Waals surface area contributed by atoms with Crippen LogP contribution in [0.3, 0.4) is 0 Å². The summed E-state index contributed by atoms with van der Waals surface area (Å²) >= 11 is 3.07. The van der Waals surface area contributed by atoms with Gasteiger partial charge in [-0.05, 0) is 61.1 Å². The smallest absolute Gasteiger partial charge is 0.410 e. The third-order valence-corrected chi connectivity index (χ3v) is 2.64. The lowest BCUT2D eigenvalue weighted by Gasteiger charge is -2.34. The van der Waals surface area contributed by atoms with E-state index in [0.717, 1.165) is 6.20 Å². The molecular formula is C15H21BrN2O2. The summed E-state index contributed by atoms with van der Waals surface area (Å²) in [5.74, 6) is -3.08. The first kappa shape index (κ1) is 7.25. The molecule has 1 amide bonds. The standard InChI is InChI=1S/C15H21BrN2O2/c1-15(2,3)20-14(19)18-8-4-5-12(10-18)11-6-7-13(16)17-9-11/h6-7,9,12H,4-5,8,10H2,1-3H3/i4D2,5D2,8D2,10D2,12D. The number of piperidine rings is 1. The molecule has 2 heterocycles. The van der Waals surface area contributed by atoms with Crippen LogP contribution in [-0.4, -0.2) is 34.6 Å². The van der Waals surface area contributed by atoms with Gasteiger partial charge in [-0.15, -0.1) is 0 Å². The molecule has 1 aromatic heterocycles. The van der Waals surface area contributed by atoms with Crippen LogP contribution in [0.25, 0.3) is 0 Å². The van der Waals surface area contributed by atoms with Gasteiger partial charge in [0.15, 0.2) is 0 Å². The van der Waals surface area contributed by atoms with Crippen molar-refractivity contribution in [3.05, 3.63) is 28.5 Å².